The quantitative estimate of drug-likeness (QED) is 0.477. The van der Waals surface area contributed by atoms with Crippen molar-refractivity contribution in [2.45, 2.75) is 12.7 Å². The lowest BCUT2D eigenvalue weighted by atomic mass is 10.2. The Morgan fingerprint density at radius 2 is 1.91 bits per heavy atom. The van der Waals surface area contributed by atoms with Gasteiger partial charge in [-0.3, -0.25) is 4.31 Å². The minimum atomic E-state index is -4.68. The van der Waals surface area contributed by atoms with Gasteiger partial charge in [-0.25, -0.2) is 23.4 Å². The lowest BCUT2D eigenvalue weighted by Crippen LogP contribution is -2.27. The molecule has 0 saturated heterocycles. The van der Waals surface area contributed by atoms with Gasteiger partial charge in [0.05, 0.1) is 17.5 Å². The van der Waals surface area contributed by atoms with E-state index in [9.17, 15) is 21.6 Å². The van der Waals surface area contributed by atoms with E-state index >= 15 is 0 Å². The normalized spacial score (nSPS) is 11.8. The molecule has 3 aromatic rings. The molecule has 0 aliphatic rings. The van der Waals surface area contributed by atoms with E-state index in [1.165, 1.54) is 25.5 Å². The van der Waals surface area contributed by atoms with Crippen molar-refractivity contribution in [1.29, 1.82) is 0 Å². The number of nitrogens with one attached hydrogen (secondary N) is 2. The zero-order valence-corrected chi connectivity index (χ0v) is 17.7. The second-order valence-corrected chi connectivity index (χ2v) is 8.63. The molecule has 0 bridgehead atoms. The molecule has 0 fully saturated rings. The van der Waals surface area contributed by atoms with Gasteiger partial charge in [0, 0.05) is 43.8 Å². The molecule has 0 aromatic carbocycles. The average Bonchev–Trinajstić information content (AvgIpc) is 2.70. The predicted molar refractivity (Wildman–Crippen MR) is 114 cm³/mol. The number of alkyl halides is 3. The topological polar surface area (TPSA) is 139 Å². The van der Waals surface area contributed by atoms with Crippen LogP contribution in [0.3, 0.4) is 0 Å². The van der Waals surface area contributed by atoms with Gasteiger partial charge in [-0.15, -0.1) is 0 Å². The summed E-state index contributed by atoms with van der Waals surface area (Å²) in [6.07, 6.45) is -0.232. The van der Waals surface area contributed by atoms with Gasteiger partial charge in [-0.2, -0.15) is 18.2 Å². The van der Waals surface area contributed by atoms with Gasteiger partial charge in [0.15, 0.2) is 0 Å². The fourth-order valence-corrected chi connectivity index (χ4v) is 3.12. The molecule has 3 rings (SSSR count). The highest BCUT2D eigenvalue weighted by Crippen LogP contribution is 2.36. The predicted octanol–water partition coefficient (Wildman–Crippen LogP) is 2.62. The van der Waals surface area contributed by atoms with Gasteiger partial charge in [0.2, 0.25) is 16.0 Å². The van der Waals surface area contributed by atoms with Crippen LogP contribution < -0.4 is 20.7 Å². The van der Waals surface area contributed by atoms with Crippen LogP contribution in [0.5, 0.6) is 0 Å². The number of nitrogens with zero attached hydrogens (tertiary/aromatic N) is 5. The Kier molecular flexibility index (Phi) is 6.34. The molecule has 0 atom stereocenters. The molecular weight excluding hydrogens is 449 g/mol. The summed E-state index contributed by atoms with van der Waals surface area (Å²) in [7, 11) is -2.31. The molecule has 3 heterocycles. The molecule has 14 heteroatoms. The number of hydrogen-bond donors (Lipinski definition) is 3. The number of rotatable bonds is 7. The zero-order valence-electron chi connectivity index (χ0n) is 16.9. The molecule has 0 radical (unpaired) electrons. The second kappa shape index (κ2) is 8.82. The molecule has 0 aliphatic heterocycles. The van der Waals surface area contributed by atoms with E-state index in [-0.39, 0.29) is 35.6 Å². The van der Waals surface area contributed by atoms with E-state index in [0.29, 0.717) is 11.8 Å². The summed E-state index contributed by atoms with van der Waals surface area (Å²) in [6.45, 7) is -0.135. The Hall–Kier alpha value is -3.68. The molecule has 0 spiro atoms. The molecule has 0 aliphatic carbocycles. The number of sulfonamides is 1. The number of aromatic nitrogens is 4. The number of nitrogen functional groups attached to an aromatic ring is 1. The van der Waals surface area contributed by atoms with Crippen LogP contribution in [0.1, 0.15) is 11.1 Å². The summed E-state index contributed by atoms with van der Waals surface area (Å²) in [6, 6.07) is 5.71. The van der Waals surface area contributed by atoms with Crippen LogP contribution in [-0.4, -0.2) is 41.7 Å². The van der Waals surface area contributed by atoms with Crippen LogP contribution in [0.15, 0.2) is 42.9 Å². The Labute approximate surface area is 181 Å². The van der Waals surface area contributed by atoms with Crippen LogP contribution in [0.2, 0.25) is 0 Å². The first-order valence-electron chi connectivity index (χ1n) is 8.99. The highest BCUT2D eigenvalue weighted by Gasteiger charge is 2.34. The summed E-state index contributed by atoms with van der Waals surface area (Å²) in [4.78, 5) is 15.7. The standard InChI is InChI=1S/C18H19F3N8O2S/c1-29(32(2,30)31)16-11(4-3-6-23-16)9-25-13-8-15(26-10-12(13)18(19,20)21)28-17-24-7-5-14(22)27-17/h3-8,10H,9H2,1-2H3,(H4,22,24,25,26,27,28). The lowest BCUT2D eigenvalue weighted by Gasteiger charge is -2.20. The van der Waals surface area contributed by atoms with Crippen LogP contribution in [-0.2, 0) is 22.7 Å². The number of anilines is 5. The molecule has 10 nitrogen and oxygen atoms in total. The lowest BCUT2D eigenvalue weighted by molar-refractivity contribution is -0.137. The van der Waals surface area contributed by atoms with Gasteiger partial charge in [-0.05, 0) is 12.1 Å². The van der Waals surface area contributed by atoms with Crippen molar-refractivity contribution in [3.63, 3.8) is 0 Å². The SMILES string of the molecule is CN(c1ncccc1CNc1cc(Nc2nccc(N)n2)ncc1C(F)(F)F)S(C)(=O)=O. The monoisotopic (exact) mass is 468 g/mol. The van der Waals surface area contributed by atoms with Crippen molar-refractivity contribution < 1.29 is 21.6 Å². The van der Waals surface area contributed by atoms with Crippen molar-refractivity contribution >= 4 is 39.1 Å². The van der Waals surface area contributed by atoms with Gasteiger partial charge < -0.3 is 16.4 Å². The average molecular weight is 468 g/mol. The number of pyridine rings is 2. The zero-order chi connectivity index (χ0) is 23.5. The second-order valence-electron chi connectivity index (χ2n) is 6.61. The van der Waals surface area contributed by atoms with E-state index in [1.54, 1.807) is 12.1 Å². The van der Waals surface area contributed by atoms with Gasteiger partial charge in [0.25, 0.3) is 0 Å². The van der Waals surface area contributed by atoms with Crippen molar-refractivity contribution in [1.82, 2.24) is 19.9 Å². The molecule has 0 amide bonds. The first kappa shape index (κ1) is 23.0. The third-order valence-corrected chi connectivity index (χ3v) is 5.43. The Balaban J connectivity index is 1.92. The third-order valence-electron chi connectivity index (χ3n) is 4.26. The molecule has 0 unspecified atom stereocenters. The Morgan fingerprint density at radius 1 is 1.16 bits per heavy atom. The van der Waals surface area contributed by atoms with Crippen LogP contribution >= 0.6 is 0 Å². The number of nitrogens with two attached hydrogens (primary N) is 1. The van der Waals surface area contributed by atoms with Crippen molar-refractivity contribution in [3.8, 4) is 0 Å². The number of halogens is 3. The molecule has 32 heavy (non-hydrogen) atoms. The van der Waals surface area contributed by atoms with Gasteiger partial charge in [0.1, 0.15) is 17.5 Å². The minimum absolute atomic E-state index is 0.0470. The highest BCUT2D eigenvalue weighted by atomic mass is 32.2. The van der Waals surface area contributed by atoms with E-state index in [0.717, 1.165) is 16.6 Å². The molecule has 3 aromatic heterocycles. The van der Waals surface area contributed by atoms with Gasteiger partial charge >= 0.3 is 6.18 Å². The van der Waals surface area contributed by atoms with Crippen LogP contribution in [0.4, 0.5) is 42.3 Å². The Morgan fingerprint density at radius 3 is 2.56 bits per heavy atom. The van der Waals surface area contributed by atoms with E-state index < -0.39 is 21.8 Å². The molecule has 4 N–H and O–H groups in total. The van der Waals surface area contributed by atoms with Crippen molar-refractivity contribution in [2.24, 2.45) is 0 Å². The summed E-state index contributed by atoms with van der Waals surface area (Å²) < 4.78 is 65.2. The maximum atomic E-state index is 13.5. The highest BCUT2D eigenvalue weighted by molar-refractivity contribution is 7.92. The summed E-state index contributed by atoms with van der Waals surface area (Å²) in [5.74, 6) is 0.377. The Bertz CT molecular complexity index is 1220. The van der Waals surface area contributed by atoms with Crippen molar-refractivity contribution in [2.75, 3.05) is 34.0 Å². The fraction of sp³-hybridized carbons (Fsp3) is 0.222. The van der Waals surface area contributed by atoms with Crippen LogP contribution in [0, 0.1) is 0 Å². The molecular formula is C18H19F3N8O2S. The van der Waals surface area contributed by atoms with E-state index in [4.69, 9.17) is 5.73 Å². The van der Waals surface area contributed by atoms with Gasteiger partial charge in [-0.1, -0.05) is 6.07 Å². The van der Waals surface area contributed by atoms with E-state index in [1.807, 2.05) is 0 Å². The first-order valence-corrected chi connectivity index (χ1v) is 10.8. The first-order chi connectivity index (χ1) is 14.9. The summed E-state index contributed by atoms with van der Waals surface area (Å²) in [5, 5.41) is 5.38. The maximum absolute atomic E-state index is 13.5. The summed E-state index contributed by atoms with van der Waals surface area (Å²) >= 11 is 0. The summed E-state index contributed by atoms with van der Waals surface area (Å²) in [5.41, 5.74) is 4.67. The largest absolute Gasteiger partial charge is 0.419 e. The minimum Gasteiger partial charge on any atom is -0.384 e. The third kappa shape index (κ3) is 5.51. The van der Waals surface area contributed by atoms with E-state index in [2.05, 4.69) is 30.6 Å². The number of hydrogen-bond acceptors (Lipinski definition) is 9. The molecule has 0 saturated carbocycles. The maximum Gasteiger partial charge on any atom is 0.419 e. The van der Waals surface area contributed by atoms with Crippen LogP contribution in [0.25, 0.3) is 0 Å². The molecule has 170 valence electrons. The smallest absolute Gasteiger partial charge is 0.384 e. The van der Waals surface area contributed by atoms with Crippen molar-refractivity contribution in [3.05, 3.63) is 54.0 Å². The fourth-order valence-electron chi connectivity index (χ4n) is 2.64.